The fraction of sp³-hybridized carbons (Fsp3) is 0.250. The molecule has 0 atom stereocenters. The lowest BCUT2D eigenvalue weighted by Gasteiger charge is -1.90. The van der Waals surface area contributed by atoms with Crippen molar-refractivity contribution in [3.05, 3.63) is 12.4 Å². The molecule has 0 radical (unpaired) electrons. The van der Waals surface area contributed by atoms with Gasteiger partial charge in [-0.15, -0.1) is 5.10 Å². The van der Waals surface area contributed by atoms with Crippen molar-refractivity contribution in [1.82, 2.24) is 15.2 Å². The van der Waals surface area contributed by atoms with E-state index in [4.69, 9.17) is 0 Å². The van der Waals surface area contributed by atoms with E-state index in [2.05, 4.69) is 20.5 Å². The molecule has 0 aromatic carbocycles. The zero-order valence-corrected chi connectivity index (χ0v) is 4.50. The summed E-state index contributed by atoms with van der Waals surface area (Å²) in [5.74, 6) is 0.549. The summed E-state index contributed by atoms with van der Waals surface area (Å²) in [5, 5.41) is 9.95. The van der Waals surface area contributed by atoms with Crippen LogP contribution in [0.5, 0.6) is 0 Å². The van der Waals surface area contributed by atoms with E-state index < -0.39 is 0 Å². The minimum atomic E-state index is 0.549. The van der Waals surface area contributed by atoms with Crippen LogP contribution in [-0.2, 0) is 0 Å². The van der Waals surface area contributed by atoms with E-state index in [-0.39, 0.29) is 0 Å². The second kappa shape index (κ2) is 2.20. The van der Waals surface area contributed by atoms with Crippen molar-refractivity contribution in [3.8, 4) is 0 Å². The van der Waals surface area contributed by atoms with Gasteiger partial charge in [-0.05, 0) is 0 Å². The molecule has 0 saturated heterocycles. The Morgan fingerprint density at radius 1 is 1.50 bits per heavy atom. The van der Waals surface area contributed by atoms with Gasteiger partial charge in [-0.3, -0.25) is 0 Å². The Labute approximate surface area is 47.0 Å². The molecule has 1 heterocycles. The predicted molar refractivity (Wildman–Crippen MR) is 29.4 cm³/mol. The molecule has 0 unspecified atom stereocenters. The summed E-state index contributed by atoms with van der Waals surface area (Å²) in [4.78, 5) is 3.81. The molecule has 8 heavy (non-hydrogen) atoms. The van der Waals surface area contributed by atoms with Crippen molar-refractivity contribution in [2.24, 2.45) is 0 Å². The maximum atomic E-state index is 3.81. The molecule has 0 bridgehead atoms. The Morgan fingerprint density at radius 2 is 2.38 bits per heavy atom. The van der Waals surface area contributed by atoms with E-state index in [0.29, 0.717) is 5.95 Å². The molecule has 0 aliphatic carbocycles. The molecule has 0 aliphatic rings. The Bertz CT molecular complexity index is 149. The number of rotatable bonds is 1. The van der Waals surface area contributed by atoms with Crippen LogP contribution in [0.4, 0.5) is 5.95 Å². The topological polar surface area (TPSA) is 50.7 Å². The van der Waals surface area contributed by atoms with Crippen LogP contribution >= 0.6 is 0 Å². The third-order valence-electron chi connectivity index (χ3n) is 0.706. The van der Waals surface area contributed by atoms with E-state index >= 15 is 0 Å². The maximum Gasteiger partial charge on any atom is 0.242 e. The van der Waals surface area contributed by atoms with Crippen molar-refractivity contribution in [3.63, 3.8) is 0 Å². The van der Waals surface area contributed by atoms with Crippen molar-refractivity contribution in [2.75, 3.05) is 12.4 Å². The van der Waals surface area contributed by atoms with Crippen molar-refractivity contribution in [1.29, 1.82) is 0 Å². The SMILES string of the molecule is CNc1nccnn1. The van der Waals surface area contributed by atoms with Gasteiger partial charge >= 0.3 is 0 Å². The summed E-state index contributed by atoms with van der Waals surface area (Å²) in [6, 6.07) is 0. The zero-order valence-electron chi connectivity index (χ0n) is 4.50. The van der Waals surface area contributed by atoms with Crippen LogP contribution < -0.4 is 5.32 Å². The van der Waals surface area contributed by atoms with Gasteiger partial charge in [0.2, 0.25) is 5.95 Å². The monoisotopic (exact) mass is 110 g/mol. The van der Waals surface area contributed by atoms with Crippen molar-refractivity contribution < 1.29 is 0 Å². The van der Waals surface area contributed by atoms with E-state index in [1.54, 1.807) is 13.2 Å². The summed E-state index contributed by atoms with van der Waals surface area (Å²) >= 11 is 0. The average molecular weight is 110 g/mol. The number of hydrogen-bond acceptors (Lipinski definition) is 4. The molecule has 0 saturated carbocycles. The van der Waals surface area contributed by atoms with Gasteiger partial charge in [0.25, 0.3) is 0 Å². The van der Waals surface area contributed by atoms with E-state index in [1.165, 1.54) is 6.20 Å². The van der Waals surface area contributed by atoms with Crippen LogP contribution in [0.1, 0.15) is 0 Å². The van der Waals surface area contributed by atoms with E-state index in [9.17, 15) is 0 Å². The van der Waals surface area contributed by atoms with Gasteiger partial charge in [0.15, 0.2) is 0 Å². The van der Waals surface area contributed by atoms with Crippen molar-refractivity contribution in [2.45, 2.75) is 0 Å². The first kappa shape index (κ1) is 4.96. The van der Waals surface area contributed by atoms with Crippen molar-refractivity contribution >= 4 is 5.95 Å². The molecule has 42 valence electrons. The fourth-order valence-electron chi connectivity index (χ4n) is 0.362. The lowest BCUT2D eigenvalue weighted by Crippen LogP contribution is -1.95. The first-order valence-corrected chi connectivity index (χ1v) is 2.25. The highest BCUT2D eigenvalue weighted by Crippen LogP contribution is 1.85. The highest BCUT2D eigenvalue weighted by atomic mass is 15.2. The summed E-state index contributed by atoms with van der Waals surface area (Å²) < 4.78 is 0. The lowest BCUT2D eigenvalue weighted by molar-refractivity contribution is 0.972. The molecule has 1 aromatic rings. The largest absolute Gasteiger partial charge is 0.356 e. The number of nitrogens with one attached hydrogen (secondary N) is 1. The molecule has 4 heteroatoms. The number of anilines is 1. The van der Waals surface area contributed by atoms with E-state index in [1.807, 2.05) is 0 Å². The summed E-state index contributed by atoms with van der Waals surface area (Å²) in [6.07, 6.45) is 3.11. The van der Waals surface area contributed by atoms with E-state index in [0.717, 1.165) is 0 Å². The molecule has 1 aromatic heterocycles. The first-order chi connectivity index (χ1) is 3.93. The summed E-state index contributed by atoms with van der Waals surface area (Å²) in [6.45, 7) is 0. The maximum absolute atomic E-state index is 3.81. The van der Waals surface area contributed by atoms with Crippen LogP contribution in [0.2, 0.25) is 0 Å². The molecular weight excluding hydrogens is 104 g/mol. The van der Waals surface area contributed by atoms with Gasteiger partial charge in [0.05, 0.1) is 12.4 Å². The van der Waals surface area contributed by atoms with Gasteiger partial charge in [-0.2, -0.15) is 5.10 Å². The Hall–Kier alpha value is -1.19. The van der Waals surface area contributed by atoms with Gasteiger partial charge < -0.3 is 5.32 Å². The minimum Gasteiger partial charge on any atom is -0.356 e. The Morgan fingerprint density at radius 3 is 2.75 bits per heavy atom. The van der Waals surface area contributed by atoms with Crippen LogP contribution in [0.25, 0.3) is 0 Å². The van der Waals surface area contributed by atoms with Gasteiger partial charge in [-0.25, -0.2) is 4.98 Å². The van der Waals surface area contributed by atoms with Gasteiger partial charge in [0, 0.05) is 7.05 Å². The smallest absolute Gasteiger partial charge is 0.242 e. The second-order valence-corrected chi connectivity index (χ2v) is 1.22. The molecule has 4 nitrogen and oxygen atoms in total. The second-order valence-electron chi connectivity index (χ2n) is 1.22. The predicted octanol–water partition coefficient (Wildman–Crippen LogP) is -0.0867. The lowest BCUT2D eigenvalue weighted by atomic mass is 10.8. The average Bonchev–Trinajstić information content (AvgIpc) is 1.90. The Kier molecular flexibility index (Phi) is 1.37. The fourth-order valence-corrected chi connectivity index (χ4v) is 0.362. The molecule has 1 rings (SSSR count). The summed E-state index contributed by atoms with van der Waals surface area (Å²) in [5.41, 5.74) is 0. The molecule has 0 aliphatic heterocycles. The molecule has 1 N–H and O–H groups in total. The van der Waals surface area contributed by atoms with Crippen LogP contribution in [0.15, 0.2) is 12.4 Å². The highest BCUT2D eigenvalue weighted by Gasteiger charge is 1.82. The Balaban J connectivity index is 2.83. The number of nitrogens with zero attached hydrogens (tertiary/aromatic N) is 3. The highest BCUT2D eigenvalue weighted by molar-refractivity contribution is 5.17. The third kappa shape index (κ3) is 0.900. The standard InChI is InChI=1S/C4H6N4/c1-5-4-6-2-3-7-8-4/h2-3H,1H3,(H,5,6,8). The quantitative estimate of drug-likeness (QED) is 0.549. The number of aromatic nitrogens is 3. The summed E-state index contributed by atoms with van der Waals surface area (Å²) in [7, 11) is 1.75. The first-order valence-electron chi connectivity index (χ1n) is 2.25. The zero-order chi connectivity index (χ0) is 5.82. The molecule has 0 amide bonds. The molecule has 0 fully saturated rings. The van der Waals surface area contributed by atoms with Crippen LogP contribution in [0, 0.1) is 0 Å². The van der Waals surface area contributed by atoms with Gasteiger partial charge in [-0.1, -0.05) is 0 Å². The minimum absolute atomic E-state index is 0.549. The van der Waals surface area contributed by atoms with Crippen LogP contribution in [-0.4, -0.2) is 22.2 Å². The van der Waals surface area contributed by atoms with Crippen LogP contribution in [0.3, 0.4) is 0 Å². The molecular formula is C4H6N4. The normalized spacial score (nSPS) is 8.62. The number of hydrogen-bond donors (Lipinski definition) is 1. The third-order valence-corrected chi connectivity index (χ3v) is 0.706. The van der Waals surface area contributed by atoms with Gasteiger partial charge in [0.1, 0.15) is 0 Å². The molecule has 0 spiro atoms.